The fourth-order valence-corrected chi connectivity index (χ4v) is 2.53. The van der Waals surface area contributed by atoms with E-state index in [0.717, 1.165) is 19.5 Å². The quantitative estimate of drug-likeness (QED) is 0.860. The molecule has 1 fully saturated rings. The molecule has 17 heavy (non-hydrogen) atoms. The Morgan fingerprint density at radius 3 is 2.76 bits per heavy atom. The van der Waals surface area contributed by atoms with Gasteiger partial charge in [0.1, 0.15) is 0 Å². The molecule has 1 aliphatic rings. The molecule has 1 heterocycles. The fraction of sp³-hybridized carbons (Fsp3) is 0.600. The third kappa shape index (κ3) is 3.55. The molecule has 0 aromatic heterocycles. The largest absolute Gasteiger partial charge is 0.315 e. The van der Waals surface area contributed by atoms with Crippen molar-refractivity contribution in [3.05, 3.63) is 35.9 Å². The molecule has 94 valence electrons. The van der Waals surface area contributed by atoms with Crippen LogP contribution in [-0.4, -0.2) is 36.6 Å². The first-order chi connectivity index (χ1) is 8.18. The summed E-state index contributed by atoms with van der Waals surface area (Å²) in [5.41, 5.74) is 1.73. The average Bonchev–Trinajstić information content (AvgIpc) is 2.49. The molecule has 0 aliphatic carbocycles. The van der Waals surface area contributed by atoms with E-state index in [4.69, 9.17) is 0 Å². The Balaban J connectivity index is 1.92. The van der Waals surface area contributed by atoms with Gasteiger partial charge in [-0.1, -0.05) is 30.3 Å². The van der Waals surface area contributed by atoms with Crippen molar-refractivity contribution in [1.29, 1.82) is 0 Å². The molecule has 1 aliphatic heterocycles. The van der Waals surface area contributed by atoms with E-state index in [1.807, 2.05) is 0 Å². The molecule has 0 atom stereocenters. The first-order valence-electron chi connectivity index (χ1n) is 6.68. The van der Waals surface area contributed by atoms with Crippen molar-refractivity contribution in [3.63, 3.8) is 0 Å². The number of benzene rings is 1. The van der Waals surface area contributed by atoms with E-state index in [2.05, 4.69) is 54.4 Å². The fourth-order valence-electron chi connectivity index (χ4n) is 2.53. The number of nitrogens with zero attached hydrogens (tertiary/aromatic N) is 1. The molecular weight excluding hydrogens is 208 g/mol. The maximum absolute atomic E-state index is 3.52. The summed E-state index contributed by atoms with van der Waals surface area (Å²) < 4.78 is 0. The van der Waals surface area contributed by atoms with Crippen molar-refractivity contribution in [2.24, 2.45) is 0 Å². The van der Waals surface area contributed by atoms with Gasteiger partial charge in [0.05, 0.1) is 0 Å². The first-order valence-corrected chi connectivity index (χ1v) is 6.68. The van der Waals surface area contributed by atoms with E-state index in [1.165, 1.54) is 25.1 Å². The van der Waals surface area contributed by atoms with Gasteiger partial charge in [-0.2, -0.15) is 0 Å². The summed E-state index contributed by atoms with van der Waals surface area (Å²) in [7, 11) is 0. The van der Waals surface area contributed by atoms with Crippen molar-refractivity contribution in [2.75, 3.05) is 26.2 Å². The second-order valence-corrected chi connectivity index (χ2v) is 5.57. The maximum Gasteiger partial charge on any atom is 0.0277 e. The highest BCUT2D eigenvalue weighted by molar-refractivity contribution is 5.15. The zero-order chi connectivity index (χ0) is 12.1. The Morgan fingerprint density at radius 2 is 2.00 bits per heavy atom. The van der Waals surface area contributed by atoms with Gasteiger partial charge in [0.2, 0.25) is 0 Å². The molecular formula is C15H24N2. The molecule has 1 aromatic carbocycles. The molecule has 0 unspecified atom stereocenters. The highest BCUT2D eigenvalue weighted by Gasteiger charge is 2.27. The normalized spacial score (nSPS) is 21.1. The summed E-state index contributed by atoms with van der Waals surface area (Å²) >= 11 is 0. The van der Waals surface area contributed by atoms with E-state index >= 15 is 0 Å². The van der Waals surface area contributed by atoms with Gasteiger partial charge in [-0.25, -0.2) is 0 Å². The van der Waals surface area contributed by atoms with Crippen molar-refractivity contribution >= 4 is 0 Å². The highest BCUT2D eigenvalue weighted by Crippen LogP contribution is 2.17. The molecule has 0 amide bonds. The summed E-state index contributed by atoms with van der Waals surface area (Å²) in [6, 6.07) is 10.8. The third-order valence-corrected chi connectivity index (χ3v) is 3.71. The maximum atomic E-state index is 3.52. The molecule has 1 saturated heterocycles. The molecule has 2 nitrogen and oxygen atoms in total. The predicted octanol–water partition coefficient (Wildman–Crippen LogP) is 2.30. The summed E-state index contributed by atoms with van der Waals surface area (Å²) in [4.78, 5) is 2.62. The first kappa shape index (κ1) is 12.6. The Morgan fingerprint density at radius 1 is 1.24 bits per heavy atom. The topological polar surface area (TPSA) is 15.3 Å². The number of hydrogen-bond donors (Lipinski definition) is 1. The molecule has 1 aromatic rings. The third-order valence-electron chi connectivity index (χ3n) is 3.71. The lowest BCUT2D eigenvalue weighted by molar-refractivity contribution is 0.135. The van der Waals surface area contributed by atoms with Crippen LogP contribution in [0.2, 0.25) is 0 Å². The van der Waals surface area contributed by atoms with Gasteiger partial charge in [-0.15, -0.1) is 0 Å². The van der Waals surface area contributed by atoms with Gasteiger partial charge in [0.25, 0.3) is 0 Å². The highest BCUT2D eigenvalue weighted by atomic mass is 15.2. The van der Waals surface area contributed by atoms with Crippen LogP contribution in [0.3, 0.4) is 0 Å². The Kier molecular flexibility index (Phi) is 4.19. The van der Waals surface area contributed by atoms with Gasteiger partial charge in [-0.3, -0.25) is 4.90 Å². The molecule has 2 rings (SSSR count). The minimum absolute atomic E-state index is 0.283. The van der Waals surface area contributed by atoms with E-state index in [0.29, 0.717) is 0 Å². The summed E-state index contributed by atoms with van der Waals surface area (Å²) in [6.07, 6.45) is 2.42. The van der Waals surface area contributed by atoms with Crippen LogP contribution in [0.25, 0.3) is 0 Å². The summed E-state index contributed by atoms with van der Waals surface area (Å²) in [6.45, 7) is 9.32. The van der Waals surface area contributed by atoms with Crippen LogP contribution in [-0.2, 0) is 6.42 Å². The van der Waals surface area contributed by atoms with E-state index in [9.17, 15) is 0 Å². The lowest BCUT2D eigenvalue weighted by Crippen LogP contribution is -2.49. The Hall–Kier alpha value is -0.860. The van der Waals surface area contributed by atoms with Crippen molar-refractivity contribution in [1.82, 2.24) is 10.2 Å². The number of rotatable bonds is 3. The SMILES string of the molecule is CC1(C)CNCCCN1CCc1ccccc1. The minimum Gasteiger partial charge on any atom is -0.315 e. The smallest absolute Gasteiger partial charge is 0.0277 e. The Bertz CT molecular complexity index is 332. The van der Waals surface area contributed by atoms with Crippen LogP contribution in [0.4, 0.5) is 0 Å². The predicted molar refractivity (Wildman–Crippen MR) is 73.3 cm³/mol. The van der Waals surface area contributed by atoms with Crippen LogP contribution in [0.1, 0.15) is 25.8 Å². The van der Waals surface area contributed by atoms with Gasteiger partial charge < -0.3 is 5.32 Å². The second kappa shape index (κ2) is 5.65. The van der Waals surface area contributed by atoms with Gasteiger partial charge >= 0.3 is 0 Å². The van der Waals surface area contributed by atoms with Crippen molar-refractivity contribution in [2.45, 2.75) is 32.2 Å². The average molecular weight is 232 g/mol. The molecule has 2 heteroatoms. The zero-order valence-electron chi connectivity index (χ0n) is 11.1. The summed E-state index contributed by atoms with van der Waals surface area (Å²) in [5.74, 6) is 0. The number of nitrogens with one attached hydrogen (secondary N) is 1. The minimum atomic E-state index is 0.283. The van der Waals surface area contributed by atoms with Crippen LogP contribution in [0.5, 0.6) is 0 Å². The lowest BCUT2D eigenvalue weighted by atomic mass is 10.0. The van der Waals surface area contributed by atoms with Crippen LogP contribution >= 0.6 is 0 Å². The monoisotopic (exact) mass is 232 g/mol. The van der Waals surface area contributed by atoms with Crippen molar-refractivity contribution in [3.8, 4) is 0 Å². The lowest BCUT2D eigenvalue weighted by Gasteiger charge is -2.37. The van der Waals surface area contributed by atoms with Crippen molar-refractivity contribution < 1.29 is 0 Å². The van der Waals surface area contributed by atoms with Gasteiger partial charge in [-0.05, 0) is 45.3 Å². The second-order valence-electron chi connectivity index (χ2n) is 5.57. The molecule has 0 saturated carbocycles. The van der Waals surface area contributed by atoms with Gasteiger partial charge in [0, 0.05) is 18.6 Å². The van der Waals surface area contributed by atoms with Crippen LogP contribution < -0.4 is 5.32 Å². The van der Waals surface area contributed by atoms with E-state index in [-0.39, 0.29) is 5.54 Å². The van der Waals surface area contributed by atoms with Crippen LogP contribution in [0.15, 0.2) is 30.3 Å². The van der Waals surface area contributed by atoms with Crippen LogP contribution in [0, 0.1) is 0 Å². The van der Waals surface area contributed by atoms with E-state index < -0.39 is 0 Å². The molecule has 1 N–H and O–H groups in total. The van der Waals surface area contributed by atoms with E-state index in [1.54, 1.807) is 0 Å². The number of hydrogen-bond acceptors (Lipinski definition) is 2. The standard InChI is InChI=1S/C15H24N2/c1-15(2)13-16-10-6-11-17(15)12-9-14-7-4-3-5-8-14/h3-5,7-8,16H,6,9-13H2,1-2H3. The summed E-state index contributed by atoms with van der Waals surface area (Å²) in [5, 5.41) is 3.52. The van der Waals surface area contributed by atoms with Gasteiger partial charge in [0.15, 0.2) is 0 Å². The molecule has 0 spiro atoms. The molecule has 0 radical (unpaired) electrons. The zero-order valence-corrected chi connectivity index (χ0v) is 11.1. The molecule has 0 bridgehead atoms. The Labute approximate surface area is 105 Å².